The van der Waals surface area contributed by atoms with Crippen LogP contribution in [0.4, 0.5) is 0 Å². The number of unbranched alkanes of at least 4 members (excludes halogenated alkanes) is 13. The van der Waals surface area contributed by atoms with Crippen LogP contribution in [0.15, 0.2) is 21.8 Å². The fourth-order valence-electron chi connectivity index (χ4n) is 6.09. The molecule has 1 N–H and O–H groups in total. The molecule has 2 aromatic rings. The number of thioether (sulfide) groups is 1. The molecule has 0 aliphatic rings. The van der Waals surface area contributed by atoms with Crippen molar-refractivity contribution in [3.63, 3.8) is 0 Å². The van der Waals surface area contributed by atoms with Crippen LogP contribution in [0.2, 0.25) is 0 Å². The highest BCUT2D eigenvalue weighted by Gasteiger charge is 2.31. The Morgan fingerprint density at radius 3 is 1.65 bits per heavy atom. The second-order valence-corrected chi connectivity index (χ2v) is 15.4. The van der Waals surface area contributed by atoms with Crippen molar-refractivity contribution in [1.82, 2.24) is 9.78 Å². The first kappa shape index (κ1) is 37.9. The first-order valence-corrected chi connectivity index (χ1v) is 19.0. The van der Waals surface area contributed by atoms with Crippen LogP contribution in [0, 0.1) is 4.84 Å². The summed E-state index contributed by atoms with van der Waals surface area (Å²) in [6, 6.07) is 4.39. The lowest BCUT2D eigenvalue weighted by atomic mass is 9.73. The van der Waals surface area contributed by atoms with E-state index in [9.17, 15) is 5.11 Å². The zero-order valence-corrected chi connectivity index (χ0v) is 30.5. The maximum Gasteiger partial charge on any atom is 0.287 e. The third kappa shape index (κ3) is 13.3. The van der Waals surface area contributed by atoms with Gasteiger partial charge in [-0.25, -0.2) is 4.68 Å². The van der Waals surface area contributed by atoms with Crippen LogP contribution in [0.1, 0.15) is 181 Å². The van der Waals surface area contributed by atoms with E-state index in [0.717, 1.165) is 48.1 Å². The van der Waals surface area contributed by atoms with Crippen LogP contribution < -0.4 is 0 Å². The van der Waals surface area contributed by atoms with Gasteiger partial charge in [0.2, 0.25) is 0 Å². The van der Waals surface area contributed by atoms with Gasteiger partial charge in [0, 0.05) is 16.9 Å². The van der Waals surface area contributed by atoms with Crippen molar-refractivity contribution in [3.05, 3.63) is 33.7 Å². The quantitative estimate of drug-likeness (QED) is 0.0709. The SMILES string of the molecule is CCCCCCCCCCCCSc1nn(Cc2cc(C(C)(C)CCCCC)c(O)c(C(C)(C)CCCCC)c2)c(=S)o1. The summed E-state index contributed by atoms with van der Waals surface area (Å²) in [4.78, 5) is 0.422. The second kappa shape index (κ2) is 20.0. The maximum absolute atomic E-state index is 11.7. The van der Waals surface area contributed by atoms with Crippen LogP contribution >= 0.6 is 24.0 Å². The molecule has 2 rings (SSSR count). The van der Waals surface area contributed by atoms with Crippen LogP contribution in [-0.4, -0.2) is 20.6 Å². The highest BCUT2D eigenvalue weighted by atomic mass is 32.2. The number of phenolic OH excluding ortho intramolecular Hbond substituents is 1. The van der Waals surface area contributed by atoms with Gasteiger partial charge in [-0.1, -0.05) is 157 Å². The average Bonchev–Trinajstić information content (AvgIpc) is 3.30. The van der Waals surface area contributed by atoms with Gasteiger partial charge in [-0.05, 0) is 60.0 Å². The zero-order chi connectivity index (χ0) is 31.7. The molecule has 1 aromatic carbocycles. The minimum atomic E-state index is -0.120. The van der Waals surface area contributed by atoms with Crippen molar-refractivity contribution < 1.29 is 9.52 Å². The van der Waals surface area contributed by atoms with E-state index in [0.29, 0.717) is 22.4 Å². The molecule has 0 amide bonds. The summed E-state index contributed by atoms with van der Waals surface area (Å²) < 4.78 is 7.73. The molecule has 1 aromatic heterocycles. The minimum Gasteiger partial charge on any atom is -0.507 e. The highest BCUT2D eigenvalue weighted by molar-refractivity contribution is 7.99. The monoisotopic (exact) mass is 632 g/mol. The molecular formula is C37H64N2O2S2. The first-order valence-electron chi connectivity index (χ1n) is 17.6. The summed E-state index contributed by atoms with van der Waals surface area (Å²) in [6.45, 7) is 16.4. The molecular weight excluding hydrogens is 569 g/mol. The van der Waals surface area contributed by atoms with Crippen molar-refractivity contribution in [3.8, 4) is 5.75 Å². The van der Waals surface area contributed by atoms with Crippen LogP contribution in [0.5, 0.6) is 5.75 Å². The molecule has 0 atom stereocenters. The molecule has 0 saturated carbocycles. The van der Waals surface area contributed by atoms with Gasteiger partial charge in [0.25, 0.3) is 10.1 Å². The molecule has 0 spiro atoms. The van der Waals surface area contributed by atoms with Gasteiger partial charge in [0.15, 0.2) is 0 Å². The summed E-state index contributed by atoms with van der Waals surface area (Å²) in [5, 5.41) is 17.1. The van der Waals surface area contributed by atoms with Gasteiger partial charge < -0.3 is 9.52 Å². The van der Waals surface area contributed by atoms with Gasteiger partial charge in [-0.15, -0.1) is 5.10 Å². The summed E-state index contributed by atoms with van der Waals surface area (Å²) in [6.07, 6.45) is 22.7. The molecule has 6 heteroatoms. The lowest BCUT2D eigenvalue weighted by Gasteiger charge is -2.32. The smallest absolute Gasteiger partial charge is 0.287 e. The Morgan fingerprint density at radius 2 is 1.16 bits per heavy atom. The second-order valence-electron chi connectivity index (χ2n) is 14.0. The van der Waals surface area contributed by atoms with Crippen LogP contribution in [0.3, 0.4) is 0 Å². The number of nitrogens with zero attached hydrogens (tertiary/aromatic N) is 2. The van der Waals surface area contributed by atoms with Crippen molar-refractivity contribution in [1.29, 1.82) is 0 Å². The Hall–Kier alpha value is -1.27. The molecule has 0 saturated heterocycles. The van der Waals surface area contributed by atoms with Crippen molar-refractivity contribution in [2.75, 3.05) is 5.75 Å². The average molecular weight is 633 g/mol. The van der Waals surface area contributed by atoms with E-state index in [-0.39, 0.29) is 10.8 Å². The highest BCUT2D eigenvalue weighted by Crippen LogP contribution is 2.44. The lowest BCUT2D eigenvalue weighted by molar-refractivity contribution is 0.379. The van der Waals surface area contributed by atoms with E-state index in [4.69, 9.17) is 21.7 Å². The number of aromatic hydroxyl groups is 1. The summed E-state index contributed by atoms with van der Waals surface area (Å²) in [5.41, 5.74) is 2.98. The van der Waals surface area contributed by atoms with Crippen LogP contribution in [0.25, 0.3) is 0 Å². The Balaban J connectivity index is 2.09. The van der Waals surface area contributed by atoms with E-state index >= 15 is 0 Å². The van der Waals surface area contributed by atoms with E-state index < -0.39 is 0 Å². The number of hydrogen-bond donors (Lipinski definition) is 1. The van der Waals surface area contributed by atoms with E-state index in [2.05, 4.69) is 60.6 Å². The molecule has 0 bridgehead atoms. The molecule has 0 aliphatic carbocycles. The maximum atomic E-state index is 11.7. The van der Waals surface area contributed by atoms with E-state index in [1.807, 2.05) is 4.68 Å². The van der Waals surface area contributed by atoms with E-state index in [1.165, 1.54) is 89.9 Å². The topological polar surface area (TPSA) is 51.2 Å². The number of hydrogen-bond acceptors (Lipinski definition) is 5. The van der Waals surface area contributed by atoms with Crippen molar-refractivity contribution in [2.24, 2.45) is 0 Å². The van der Waals surface area contributed by atoms with Crippen molar-refractivity contribution in [2.45, 2.75) is 187 Å². The lowest BCUT2D eigenvalue weighted by Crippen LogP contribution is -2.23. The number of phenols is 1. The van der Waals surface area contributed by atoms with Gasteiger partial charge in [0.1, 0.15) is 5.75 Å². The van der Waals surface area contributed by atoms with Gasteiger partial charge in [-0.2, -0.15) is 0 Å². The zero-order valence-electron chi connectivity index (χ0n) is 28.9. The van der Waals surface area contributed by atoms with Gasteiger partial charge in [-0.3, -0.25) is 0 Å². The Morgan fingerprint density at radius 1 is 0.721 bits per heavy atom. The van der Waals surface area contributed by atoms with Gasteiger partial charge >= 0.3 is 0 Å². The molecule has 4 nitrogen and oxygen atoms in total. The standard InChI is InChI=1S/C37H64N2O2S2/c1-8-11-14-15-16-17-18-19-20-23-26-43-34-38-39(35(42)41-34)29-30-27-31(36(4,5)24-21-12-9-2)33(40)32(28-30)37(6,7)25-22-13-10-3/h27-28,40H,8-26,29H2,1-7H3. The Kier molecular flexibility index (Phi) is 17.6. The molecule has 1 heterocycles. The normalized spacial score (nSPS) is 12.3. The molecule has 0 fully saturated rings. The third-order valence-corrected chi connectivity index (χ3v) is 10.3. The van der Waals surface area contributed by atoms with Crippen LogP contribution in [-0.2, 0) is 17.4 Å². The molecule has 43 heavy (non-hydrogen) atoms. The number of rotatable bonds is 24. The number of aromatic nitrogens is 2. The van der Waals surface area contributed by atoms with E-state index in [1.54, 1.807) is 11.8 Å². The Labute approximate surface area is 274 Å². The molecule has 246 valence electrons. The largest absolute Gasteiger partial charge is 0.507 e. The summed E-state index contributed by atoms with van der Waals surface area (Å²) in [7, 11) is 0. The molecule has 0 radical (unpaired) electrons. The molecule has 0 unspecified atom stereocenters. The molecule has 0 aliphatic heterocycles. The predicted octanol–water partition coefficient (Wildman–Crippen LogP) is 12.7. The van der Waals surface area contributed by atoms with Gasteiger partial charge in [0.05, 0.1) is 6.54 Å². The summed E-state index contributed by atoms with van der Waals surface area (Å²) >= 11 is 7.29. The summed E-state index contributed by atoms with van der Waals surface area (Å²) in [5.74, 6) is 1.49. The Bertz CT molecular complexity index is 1060. The first-order chi connectivity index (χ1) is 20.6. The fourth-order valence-corrected chi connectivity index (χ4v) is 7.14. The predicted molar refractivity (Wildman–Crippen MR) is 189 cm³/mol. The fraction of sp³-hybridized carbons (Fsp3) is 0.784. The minimum absolute atomic E-state index is 0.120. The van der Waals surface area contributed by atoms with Crippen molar-refractivity contribution >= 4 is 24.0 Å². The number of benzene rings is 1. The third-order valence-electron chi connectivity index (χ3n) is 9.08.